The number of benzene rings is 1. The van der Waals surface area contributed by atoms with Gasteiger partial charge >= 0.3 is 19.2 Å². The molecule has 31 heavy (non-hydrogen) atoms. The molecule has 4 nitrogen and oxygen atoms in total. The van der Waals surface area contributed by atoms with E-state index < -0.39 is 18.8 Å². The molecule has 8 heteroatoms. The van der Waals surface area contributed by atoms with Gasteiger partial charge in [0.15, 0.2) is 0 Å². The van der Waals surface area contributed by atoms with Crippen LogP contribution in [0, 0.1) is 30.6 Å². The molecule has 0 aliphatic carbocycles. The maximum atomic E-state index is 13.3. The smallest absolute Gasteiger partial charge is 0.416 e. The van der Waals surface area contributed by atoms with Crippen molar-refractivity contribution in [3.8, 4) is 0 Å². The first-order valence-corrected chi connectivity index (χ1v) is 11.1. The zero-order valence-electron chi connectivity index (χ0n) is 19.3. The van der Waals surface area contributed by atoms with E-state index >= 15 is 0 Å². The van der Waals surface area contributed by atoms with Crippen LogP contribution in [0.2, 0.25) is 6.82 Å². The lowest BCUT2D eigenvalue weighted by atomic mass is 9.78. The monoisotopic (exact) mass is 441 g/mol. The lowest BCUT2D eigenvalue weighted by Gasteiger charge is -2.31. The number of halogens is 3. The molecule has 1 aromatic carbocycles. The number of alkyl halides is 3. The molecule has 2 rings (SSSR count). The van der Waals surface area contributed by atoms with Gasteiger partial charge in [-0.15, -0.1) is 0 Å². The number of carbonyl (C=O) groups is 1. The minimum Gasteiger partial charge on any atom is -0.460 e. The number of hydrogen-bond donors (Lipinski definition) is 2. The molecule has 1 aliphatic heterocycles. The number of nitrogens with one attached hydrogen (secondary N) is 1. The average molecular weight is 441 g/mol. The summed E-state index contributed by atoms with van der Waals surface area (Å²) >= 11 is 0. The number of cyclic esters (lactones) is 1. The van der Waals surface area contributed by atoms with Crippen LogP contribution in [0.1, 0.15) is 57.2 Å². The highest BCUT2D eigenvalue weighted by molar-refractivity contribution is 6.45. The second kappa shape index (κ2) is 10.4. The van der Waals surface area contributed by atoms with E-state index in [1.807, 2.05) is 27.7 Å². The van der Waals surface area contributed by atoms with Crippen LogP contribution < -0.4 is 5.23 Å². The van der Waals surface area contributed by atoms with E-state index in [2.05, 4.69) is 5.23 Å². The highest BCUT2D eigenvalue weighted by Crippen LogP contribution is 2.35. The Kier molecular flexibility index (Phi) is 8.62. The molecule has 4 atom stereocenters. The topological polar surface area (TPSA) is 58.6 Å². The third-order valence-corrected chi connectivity index (χ3v) is 6.37. The van der Waals surface area contributed by atoms with Crippen LogP contribution >= 0.6 is 0 Å². The highest BCUT2D eigenvalue weighted by atomic mass is 19.4. The zero-order chi connectivity index (χ0) is 23.5. The quantitative estimate of drug-likeness (QED) is 0.424. The van der Waals surface area contributed by atoms with Crippen molar-refractivity contribution in [3.05, 3.63) is 34.9 Å². The first-order valence-electron chi connectivity index (χ1n) is 11.1. The number of rotatable bonds is 9. The van der Waals surface area contributed by atoms with E-state index in [1.54, 1.807) is 12.9 Å². The number of carbonyl (C=O) groups excluding carboxylic acids is 1. The Hall–Kier alpha value is -1.54. The van der Waals surface area contributed by atoms with Gasteiger partial charge in [0.2, 0.25) is 0 Å². The summed E-state index contributed by atoms with van der Waals surface area (Å²) in [6.45, 7) is 11.1. The lowest BCUT2D eigenvalue weighted by molar-refractivity contribution is -0.146. The highest BCUT2D eigenvalue weighted by Gasteiger charge is 2.41. The van der Waals surface area contributed by atoms with Crippen molar-refractivity contribution in [2.24, 2.45) is 23.7 Å². The van der Waals surface area contributed by atoms with Crippen LogP contribution in [-0.4, -0.2) is 30.2 Å². The van der Waals surface area contributed by atoms with E-state index in [-0.39, 0.29) is 47.4 Å². The van der Waals surface area contributed by atoms with E-state index in [0.717, 1.165) is 0 Å². The fraction of sp³-hybridized carbons (Fsp3) is 0.696. The van der Waals surface area contributed by atoms with Crippen LogP contribution in [0.15, 0.2) is 18.2 Å². The number of ether oxygens (including phenoxy) is 1. The van der Waals surface area contributed by atoms with Gasteiger partial charge in [-0.05, 0) is 68.0 Å². The van der Waals surface area contributed by atoms with Gasteiger partial charge in [-0.1, -0.05) is 39.8 Å². The van der Waals surface area contributed by atoms with E-state index in [1.165, 1.54) is 19.1 Å². The van der Waals surface area contributed by atoms with Crippen molar-refractivity contribution in [3.63, 3.8) is 0 Å². The lowest BCUT2D eigenvalue weighted by Crippen LogP contribution is -2.48. The molecule has 0 bridgehead atoms. The van der Waals surface area contributed by atoms with Gasteiger partial charge < -0.3 is 15.0 Å². The summed E-state index contributed by atoms with van der Waals surface area (Å²) in [6, 6.07) is 4.24. The Labute approximate surface area is 184 Å². The SMILES string of the molecule is CB(O)N[C@@H](C[C@H](Cc1ccc(C)c(C(F)(F)F)c1)C(C)C)[C@@H]1C[C@@H](C(C)C)C(=O)O1. The molecule has 1 fully saturated rings. The van der Waals surface area contributed by atoms with E-state index in [9.17, 15) is 23.0 Å². The molecule has 0 radical (unpaired) electrons. The summed E-state index contributed by atoms with van der Waals surface area (Å²) in [5, 5.41) is 13.1. The molecule has 0 saturated carbocycles. The van der Waals surface area contributed by atoms with Gasteiger partial charge in [0.25, 0.3) is 0 Å². The fourth-order valence-corrected chi connectivity index (χ4v) is 4.38. The summed E-state index contributed by atoms with van der Waals surface area (Å²) in [4.78, 5) is 12.3. The van der Waals surface area contributed by atoms with Crippen LogP contribution in [0.5, 0.6) is 0 Å². The standard InChI is InChI=1S/C23H35BF3NO3/c1-13(2)17(9-16-8-7-15(5)19(10-16)23(25,26)27)11-20(28-24(6)30)21-12-18(14(3)4)22(29)31-21/h7-8,10,13-14,17-18,20-21,28,30H,9,11-12H2,1-6H3/t17-,18-,20-,21-/m0/s1. The van der Waals surface area contributed by atoms with E-state index in [0.29, 0.717) is 24.8 Å². The van der Waals surface area contributed by atoms with Crippen LogP contribution in [-0.2, 0) is 22.1 Å². The van der Waals surface area contributed by atoms with Gasteiger partial charge in [-0.3, -0.25) is 4.79 Å². The van der Waals surface area contributed by atoms with Gasteiger partial charge in [-0.2, -0.15) is 13.2 Å². The summed E-state index contributed by atoms with van der Waals surface area (Å²) in [7, 11) is -0.786. The maximum Gasteiger partial charge on any atom is 0.416 e. The van der Waals surface area contributed by atoms with Crippen molar-refractivity contribution in [2.75, 3.05) is 0 Å². The largest absolute Gasteiger partial charge is 0.460 e. The summed E-state index contributed by atoms with van der Waals surface area (Å²) in [5.41, 5.74) is 0.246. The molecular weight excluding hydrogens is 406 g/mol. The summed E-state index contributed by atoms with van der Waals surface area (Å²) in [5.74, 6) is 0.0295. The third-order valence-electron chi connectivity index (χ3n) is 6.37. The third kappa shape index (κ3) is 6.97. The first kappa shape index (κ1) is 25.7. The fourth-order valence-electron chi connectivity index (χ4n) is 4.38. The molecule has 174 valence electrons. The van der Waals surface area contributed by atoms with Gasteiger partial charge in [0.1, 0.15) is 6.10 Å². The normalized spacial score (nSPS) is 21.5. The van der Waals surface area contributed by atoms with Crippen LogP contribution in [0.25, 0.3) is 0 Å². The van der Waals surface area contributed by atoms with Crippen molar-refractivity contribution in [1.82, 2.24) is 5.23 Å². The van der Waals surface area contributed by atoms with Crippen LogP contribution in [0.3, 0.4) is 0 Å². The minimum absolute atomic E-state index is 0.0526. The van der Waals surface area contributed by atoms with Gasteiger partial charge in [0, 0.05) is 6.04 Å². The average Bonchev–Trinajstić information content (AvgIpc) is 3.02. The van der Waals surface area contributed by atoms with Crippen molar-refractivity contribution in [2.45, 2.75) is 79.0 Å². The Balaban J connectivity index is 2.22. The molecule has 0 aromatic heterocycles. The zero-order valence-corrected chi connectivity index (χ0v) is 19.3. The van der Waals surface area contributed by atoms with Gasteiger partial charge in [0.05, 0.1) is 11.5 Å². The minimum atomic E-state index is -4.38. The predicted octanol–water partition coefficient (Wildman–Crippen LogP) is 4.87. The Morgan fingerprint density at radius 2 is 1.90 bits per heavy atom. The molecule has 0 unspecified atom stereocenters. The molecule has 2 N–H and O–H groups in total. The maximum absolute atomic E-state index is 13.3. The number of esters is 1. The molecule has 1 aliphatic rings. The Bertz CT molecular complexity index is 752. The molecule has 1 aromatic rings. The molecule has 1 heterocycles. The Morgan fingerprint density at radius 3 is 2.39 bits per heavy atom. The molecule has 0 amide bonds. The van der Waals surface area contributed by atoms with Crippen LogP contribution in [0.4, 0.5) is 13.2 Å². The number of aryl methyl sites for hydroxylation is 1. The molecular formula is C23H35BF3NO3. The summed E-state index contributed by atoms with van der Waals surface area (Å²) < 4.78 is 45.7. The van der Waals surface area contributed by atoms with E-state index in [4.69, 9.17) is 4.74 Å². The second-order valence-electron chi connectivity index (χ2n) is 9.60. The van der Waals surface area contributed by atoms with Crippen molar-refractivity contribution in [1.29, 1.82) is 0 Å². The second-order valence-corrected chi connectivity index (χ2v) is 9.60. The molecule has 0 spiro atoms. The summed E-state index contributed by atoms with van der Waals surface area (Å²) in [6.07, 6.45) is -3.10. The van der Waals surface area contributed by atoms with Gasteiger partial charge in [-0.25, -0.2) is 0 Å². The number of hydrogen-bond acceptors (Lipinski definition) is 4. The van der Waals surface area contributed by atoms with Crippen molar-refractivity contribution < 1.29 is 27.7 Å². The Morgan fingerprint density at radius 1 is 1.26 bits per heavy atom. The van der Waals surface area contributed by atoms with Crippen molar-refractivity contribution >= 4 is 13.0 Å². The first-order chi connectivity index (χ1) is 14.3. The predicted molar refractivity (Wildman–Crippen MR) is 116 cm³/mol. The molecule has 1 saturated heterocycles.